The molecule has 1 aromatic heterocycles. The number of nitrogens with zero attached hydrogens (tertiary/aromatic N) is 1. The Balaban J connectivity index is 2.34. The normalized spacial score (nSPS) is 13.1. The highest BCUT2D eigenvalue weighted by Crippen LogP contribution is 2.25. The zero-order valence-corrected chi connectivity index (χ0v) is 12.4. The first-order valence-corrected chi connectivity index (χ1v) is 7.32. The number of hydrogen-bond donors (Lipinski definition) is 1. The summed E-state index contributed by atoms with van der Waals surface area (Å²) in [5.74, 6) is 0. The molecule has 2 rings (SSSR count). The molecular weight excluding hydrogens is 264 g/mol. The Hall–Kier alpha value is -0.800. The Morgan fingerprint density at radius 2 is 2.17 bits per heavy atom. The van der Waals surface area contributed by atoms with E-state index in [1.807, 2.05) is 18.2 Å². The predicted octanol–water partition coefficient (Wildman–Crippen LogP) is 5.49. The molecular formula is C14H19ClN2S. The van der Waals surface area contributed by atoms with Crippen LogP contribution >= 0.6 is 23.8 Å². The topological polar surface area (TPSA) is 20.7 Å². The molecule has 1 atom stereocenters. The number of fused-ring (bicyclic) bond motifs is 1. The maximum Gasteiger partial charge on any atom is 0.178 e. The Kier molecular flexibility index (Phi) is 4.46. The van der Waals surface area contributed by atoms with Crippen LogP contribution in [-0.4, -0.2) is 9.55 Å². The number of unbranched alkanes of at least 4 members (excludes halogenated alkanes) is 2. The lowest BCUT2D eigenvalue weighted by Gasteiger charge is -2.14. The van der Waals surface area contributed by atoms with Crippen LogP contribution in [0.2, 0.25) is 5.02 Å². The van der Waals surface area contributed by atoms with E-state index in [0.29, 0.717) is 6.04 Å². The standard InChI is InChI=1S/C14H19ClN2S/c1-3-4-5-6-10(2)17-13-9-11(15)7-8-12(13)16-14(17)18/h7-10H,3-6H2,1-2H3,(H,16,18). The molecule has 0 aliphatic heterocycles. The molecule has 0 bridgehead atoms. The average molecular weight is 283 g/mol. The van der Waals surface area contributed by atoms with Gasteiger partial charge in [-0.15, -0.1) is 0 Å². The van der Waals surface area contributed by atoms with E-state index < -0.39 is 0 Å². The van der Waals surface area contributed by atoms with Crippen molar-refractivity contribution in [3.05, 3.63) is 28.0 Å². The number of nitrogens with one attached hydrogen (secondary N) is 1. The van der Waals surface area contributed by atoms with Crippen LogP contribution in [-0.2, 0) is 0 Å². The molecule has 0 aliphatic carbocycles. The van der Waals surface area contributed by atoms with Gasteiger partial charge in [0.05, 0.1) is 11.0 Å². The molecule has 0 saturated heterocycles. The second-order valence-electron chi connectivity index (χ2n) is 4.81. The largest absolute Gasteiger partial charge is 0.331 e. The van der Waals surface area contributed by atoms with Gasteiger partial charge in [0.15, 0.2) is 4.77 Å². The van der Waals surface area contributed by atoms with Crippen molar-refractivity contribution in [3.8, 4) is 0 Å². The third-order valence-corrected chi connectivity index (χ3v) is 3.88. The minimum absolute atomic E-state index is 0.413. The minimum Gasteiger partial charge on any atom is -0.331 e. The number of rotatable bonds is 5. The van der Waals surface area contributed by atoms with Gasteiger partial charge in [-0.25, -0.2) is 0 Å². The lowest BCUT2D eigenvalue weighted by Crippen LogP contribution is -2.05. The fourth-order valence-electron chi connectivity index (χ4n) is 2.35. The summed E-state index contributed by atoms with van der Waals surface area (Å²) < 4.78 is 2.97. The van der Waals surface area contributed by atoms with E-state index in [1.54, 1.807) is 0 Å². The van der Waals surface area contributed by atoms with Gasteiger partial charge in [-0.05, 0) is 43.8 Å². The van der Waals surface area contributed by atoms with Crippen LogP contribution in [0.15, 0.2) is 18.2 Å². The van der Waals surface area contributed by atoms with E-state index in [0.717, 1.165) is 27.2 Å². The van der Waals surface area contributed by atoms with Gasteiger partial charge < -0.3 is 9.55 Å². The molecule has 1 aromatic carbocycles. The van der Waals surface area contributed by atoms with Crippen molar-refractivity contribution in [2.45, 2.75) is 45.6 Å². The molecule has 18 heavy (non-hydrogen) atoms. The Morgan fingerprint density at radius 3 is 2.89 bits per heavy atom. The summed E-state index contributed by atoms with van der Waals surface area (Å²) in [6.07, 6.45) is 4.92. The predicted molar refractivity (Wildman–Crippen MR) is 81.0 cm³/mol. The number of H-pyrrole nitrogens is 1. The van der Waals surface area contributed by atoms with Crippen molar-refractivity contribution in [1.29, 1.82) is 0 Å². The van der Waals surface area contributed by atoms with Gasteiger partial charge >= 0.3 is 0 Å². The molecule has 0 spiro atoms. The van der Waals surface area contributed by atoms with Gasteiger partial charge in [0.1, 0.15) is 0 Å². The van der Waals surface area contributed by atoms with Crippen LogP contribution in [0, 0.1) is 4.77 Å². The highest BCUT2D eigenvalue weighted by Gasteiger charge is 2.11. The van der Waals surface area contributed by atoms with Gasteiger partial charge in [0.25, 0.3) is 0 Å². The Morgan fingerprint density at radius 1 is 1.39 bits per heavy atom. The van der Waals surface area contributed by atoms with E-state index in [1.165, 1.54) is 19.3 Å². The highest BCUT2D eigenvalue weighted by molar-refractivity contribution is 7.71. The molecule has 0 aliphatic rings. The number of halogens is 1. The van der Waals surface area contributed by atoms with Crippen molar-refractivity contribution in [2.75, 3.05) is 0 Å². The molecule has 1 heterocycles. The number of hydrogen-bond acceptors (Lipinski definition) is 1. The van der Waals surface area contributed by atoms with Crippen molar-refractivity contribution < 1.29 is 0 Å². The summed E-state index contributed by atoms with van der Waals surface area (Å²) in [5, 5.41) is 0.756. The lowest BCUT2D eigenvalue weighted by atomic mass is 10.1. The summed E-state index contributed by atoms with van der Waals surface area (Å²) in [7, 11) is 0. The van der Waals surface area contributed by atoms with Gasteiger partial charge in [-0.3, -0.25) is 0 Å². The van der Waals surface area contributed by atoms with Gasteiger partial charge in [0, 0.05) is 11.1 Å². The summed E-state index contributed by atoms with van der Waals surface area (Å²) in [4.78, 5) is 3.24. The van der Waals surface area contributed by atoms with Crippen molar-refractivity contribution in [2.24, 2.45) is 0 Å². The lowest BCUT2D eigenvalue weighted by molar-refractivity contribution is 0.483. The monoisotopic (exact) mass is 282 g/mol. The first-order valence-electron chi connectivity index (χ1n) is 6.53. The number of imidazole rings is 1. The molecule has 1 unspecified atom stereocenters. The van der Waals surface area contributed by atoms with E-state index in [4.69, 9.17) is 23.8 Å². The summed E-state index contributed by atoms with van der Waals surface area (Å²) in [6, 6.07) is 6.28. The average Bonchev–Trinajstić information content (AvgIpc) is 2.64. The minimum atomic E-state index is 0.413. The van der Waals surface area contributed by atoms with Crippen LogP contribution in [0.25, 0.3) is 11.0 Å². The van der Waals surface area contributed by atoms with Gasteiger partial charge in [-0.1, -0.05) is 37.8 Å². The molecule has 1 N–H and O–H groups in total. The summed E-state index contributed by atoms with van der Waals surface area (Å²) >= 11 is 11.5. The van der Waals surface area contributed by atoms with Gasteiger partial charge in [-0.2, -0.15) is 0 Å². The van der Waals surface area contributed by atoms with Crippen molar-refractivity contribution in [3.63, 3.8) is 0 Å². The molecule has 2 nitrogen and oxygen atoms in total. The third kappa shape index (κ3) is 2.78. The zero-order chi connectivity index (χ0) is 13.1. The fraction of sp³-hybridized carbons (Fsp3) is 0.500. The Labute approximate surface area is 118 Å². The van der Waals surface area contributed by atoms with Crippen molar-refractivity contribution >= 4 is 34.9 Å². The number of aromatic nitrogens is 2. The van der Waals surface area contributed by atoms with Crippen LogP contribution in [0.1, 0.15) is 45.6 Å². The molecule has 0 radical (unpaired) electrons. The van der Waals surface area contributed by atoms with E-state index in [-0.39, 0.29) is 0 Å². The summed E-state index contributed by atoms with van der Waals surface area (Å²) in [6.45, 7) is 4.45. The highest BCUT2D eigenvalue weighted by atomic mass is 35.5. The maximum absolute atomic E-state index is 6.07. The fourth-order valence-corrected chi connectivity index (χ4v) is 2.91. The van der Waals surface area contributed by atoms with Gasteiger partial charge in [0.2, 0.25) is 0 Å². The summed E-state index contributed by atoms with van der Waals surface area (Å²) in [5.41, 5.74) is 2.17. The first-order chi connectivity index (χ1) is 8.63. The molecule has 0 amide bonds. The van der Waals surface area contributed by atoms with Crippen LogP contribution in [0.4, 0.5) is 0 Å². The maximum atomic E-state index is 6.07. The van der Waals surface area contributed by atoms with E-state index in [2.05, 4.69) is 23.4 Å². The first kappa shape index (κ1) is 13.6. The van der Waals surface area contributed by atoms with Crippen LogP contribution in [0.5, 0.6) is 0 Å². The SMILES string of the molecule is CCCCCC(C)n1c(=S)[nH]c2ccc(Cl)cc21. The van der Waals surface area contributed by atoms with E-state index in [9.17, 15) is 0 Å². The van der Waals surface area contributed by atoms with Crippen molar-refractivity contribution in [1.82, 2.24) is 9.55 Å². The van der Waals surface area contributed by atoms with E-state index >= 15 is 0 Å². The van der Waals surface area contributed by atoms with Crippen LogP contribution < -0.4 is 0 Å². The number of aromatic amines is 1. The second-order valence-corrected chi connectivity index (χ2v) is 5.63. The second kappa shape index (κ2) is 5.89. The quantitative estimate of drug-likeness (QED) is 0.568. The number of benzene rings is 1. The molecule has 2 aromatic rings. The third-order valence-electron chi connectivity index (χ3n) is 3.35. The smallest absolute Gasteiger partial charge is 0.178 e. The Bertz CT molecular complexity index is 585. The molecule has 98 valence electrons. The van der Waals surface area contributed by atoms with Crippen LogP contribution in [0.3, 0.4) is 0 Å². The zero-order valence-electron chi connectivity index (χ0n) is 10.9. The molecule has 4 heteroatoms. The molecule has 0 fully saturated rings. The molecule has 0 saturated carbocycles.